The van der Waals surface area contributed by atoms with E-state index in [9.17, 15) is 5.11 Å². The molecule has 0 aromatic heterocycles. The van der Waals surface area contributed by atoms with Crippen LogP contribution >= 0.6 is 45.2 Å². The molecule has 0 bridgehead atoms. The van der Waals surface area contributed by atoms with E-state index < -0.39 is 0 Å². The molecule has 1 aromatic carbocycles. The van der Waals surface area contributed by atoms with Gasteiger partial charge in [0.05, 0.1) is 6.61 Å². The van der Waals surface area contributed by atoms with E-state index in [-0.39, 0.29) is 10.2 Å². The van der Waals surface area contributed by atoms with E-state index in [1.54, 1.807) is 0 Å². The molecule has 0 radical (unpaired) electrons. The van der Waals surface area contributed by atoms with Gasteiger partial charge in [0.25, 0.3) is 0 Å². The van der Waals surface area contributed by atoms with Crippen molar-refractivity contribution in [2.45, 2.75) is 16.5 Å². The molecule has 0 aliphatic carbocycles. The molecule has 1 unspecified atom stereocenters. The highest BCUT2D eigenvalue weighted by Crippen LogP contribution is 2.46. The van der Waals surface area contributed by atoms with Crippen molar-refractivity contribution in [2.24, 2.45) is 0 Å². The molecule has 0 saturated carbocycles. The van der Waals surface area contributed by atoms with E-state index in [1.807, 2.05) is 0 Å². The summed E-state index contributed by atoms with van der Waals surface area (Å²) in [7, 11) is 0. The second-order valence-electron chi connectivity index (χ2n) is 3.90. The van der Waals surface area contributed by atoms with Crippen molar-refractivity contribution in [1.29, 1.82) is 0 Å². The van der Waals surface area contributed by atoms with Gasteiger partial charge < -0.3 is 5.11 Å². The number of hydrogen-bond acceptors (Lipinski definition) is 2. The van der Waals surface area contributed by atoms with E-state index in [1.165, 1.54) is 9.13 Å². The Labute approximate surface area is 117 Å². The first kappa shape index (κ1) is 12.1. The molecule has 1 aliphatic rings. The Morgan fingerprint density at radius 1 is 1.53 bits per heavy atom. The van der Waals surface area contributed by atoms with E-state index in [0.717, 1.165) is 6.54 Å². The number of rotatable bonds is 3. The summed E-state index contributed by atoms with van der Waals surface area (Å²) >= 11 is 4.71. The van der Waals surface area contributed by atoms with Gasteiger partial charge in [-0.3, -0.25) is 4.90 Å². The van der Waals surface area contributed by atoms with Crippen molar-refractivity contribution in [3.63, 3.8) is 0 Å². The van der Waals surface area contributed by atoms with Gasteiger partial charge in [-0.2, -0.15) is 0 Å². The van der Waals surface area contributed by atoms with Crippen molar-refractivity contribution < 1.29 is 5.11 Å². The summed E-state index contributed by atoms with van der Waals surface area (Å²) in [5.74, 6) is 0. The summed E-state index contributed by atoms with van der Waals surface area (Å²) in [6.07, 6.45) is 0. The minimum Gasteiger partial charge on any atom is -0.394 e. The molecular formula is C11H13I2NO. The third-order valence-corrected chi connectivity index (χ3v) is 5.17. The van der Waals surface area contributed by atoms with E-state index in [4.69, 9.17) is 0 Å². The first-order chi connectivity index (χ1) is 7.08. The van der Waals surface area contributed by atoms with Crippen LogP contribution in [0.3, 0.4) is 0 Å². The van der Waals surface area contributed by atoms with Crippen molar-refractivity contribution >= 4 is 45.2 Å². The van der Waals surface area contributed by atoms with Gasteiger partial charge in [0.15, 0.2) is 0 Å². The highest BCUT2D eigenvalue weighted by Gasteiger charge is 2.52. The second kappa shape index (κ2) is 4.46. The monoisotopic (exact) mass is 429 g/mol. The quantitative estimate of drug-likeness (QED) is 0.346. The molecule has 4 heteroatoms. The standard InChI is InChI=1S/C11H13I2NO/c1-8(14-6-11(14,13)7-15)9-4-2-3-5-10(9)12/h2-5,8,15H,6-7H2,1H3/t8-,11?,14+/m0/s1. The van der Waals surface area contributed by atoms with Crippen molar-refractivity contribution in [1.82, 2.24) is 4.90 Å². The zero-order valence-corrected chi connectivity index (χ0v) is 12.8. The van der Waals surface area contributed by atoms with Gasteiger partial charge in [-0.05, 0) is 41.1 Å². The Hall–Kier alpha value is 0.600. The average Bonchev–Trinajstić information content (AvgIpc) is 2.92. The maximum atomic E-state index is 9.25. The van der Waals surface area contributed by atoms with Crippen molar-refractivity contribution in [3.8, 4) is 0 Å². The first-order valence-corrected chi connectivity index (χ1v) is 7.05. The van der Waals surface area contributed by atoms with Gasteiger partial charge in [-0.1, -0.05) is 40.8 Å². The molecule has 0 amide bonds. The smallest absolute Gasteiger partial charge is 0.110 e. The van der Waals surface area contributed by atoms with Crippen LogP contribution in [-0.2, 0) is 0 Å². The van der Waals surface area contributed by atoms with Crippen LogP contribution < -0.4 is 0 Å². The molecule has 1 aromatic rings. The number of hydrogen-bond donors (Lipinski definition) is 1. The molecule has 3 atom stereocenters. The topological polar surface area (TPSA) is 23.2 Å². The van der Waals surface area contributed by atoms with Crippen LogP contribution in [0, 0.1) is 3.57 Å². The lowest BCUT2D eigenvalue weighted by atomic mass is 10.1. The summed E-state index contributed by atoms with van der Waals surface area (Å²) in [6.45, 7) is 3.42. The number of nitrogens with zero attached hydrogens (tertiary/aromatic N) is 1. The summed E-state index contributed by atoms with van der Waals surface area (Å²) in [5, 5.41) is 9.25. The van der Waals surface area contributed by atoms with Crippen LogP contribution in [0.5, 0.6) is 0 Å². The Morgan fingerprint density at radius 2 is 2.20 bits per heavy atom. The van der Waals surface area contributed by atoms with Crippen molar-refractivity contribution in [3.05, 3.63) is 33.4 Å². The molecule has 0 spiro atoms. The van der Waals surface area contributed by atoms with Crippen LogP contribution in [0.1, 0.15) is 18.5 Å². The van der Waals surface area contributed by atoms with Gasteiger partial charge in [-0.15, -0.1) is 0 Å². The van der Waals surface area contributed by atoms with E-state index in [0.29, 0.717) is 6.04 Å². The zero-order chi connectivity index (χ0) is 11.1. The van der Waals surface area contributed by atoms with E-state index in [2.05, 4.69) is 81.3 Å². The average molecular weight is 429 g/mol. The summed E-state index contributed by atoms with van der Waals surface area (Å²) in [5.41, 5.74) is 1.35. The lowest BCUT2D eigenvalue weighted by Crippen LogP contribution is -2.18. The van der Waals surface area contributed by atoms with Gasteiger partial charge in [0.2, 0.25) is 0 Å². The molecule has 1 aliphatic heterocycles. The Balaban J connectivity index is 2.17. The molecule has 1 fully saturated rings. The second-order valence-corrected chi connectivity index (χ2v) is 7.07. The summed E-state index contributed by atoms with van der Waals surface area (Å²) in [4.78, 5) is 2.32. The predicted molar refractivity (Wildman–Crippen MR) is 78.1 cm³/mol. The lowest BCUT2D eigenvalue weighted by Gasteiger charge is -2.18. The minimum atomic E-state index is -0.0178. The largest absolute Gasteiger partial charge is 0.394 e. The fourth-order valence-electron chi connectivity index (χ4n) is 1.83. The van der Waals surface area contributed by atoms with Crippen LogP contribution in [0.4, 0.5) is 0 Å². The highest BCUT2D eigenvalue weighted by atomic mass is 127. The number of benzene rings is 1. The molecule has 15 heavy (non-hydrogen) atoms. The molecular weight excluding hydrogens is 416 g/mol. The van der Waals surface area contributed by atoms with Crippen molar-refractivity contribution in [2.75, 3.05) is 13.2 Å². The van der Waals surface area contributed by atoms with Gasteiger partial charge >= 0.3 is 0 Å². The Morgan fingerprint density at radius 3 is 2.73 bits per heavy atom. The maximum absolute atomic E-state index is 9.25. The molecule has 2 nitrogen and oxygen atoms in total. The zero-order valence-electron chi connectivity index (χ0n) is 8.45. The molecule has 82 valence electrons. The number of alkyl halides is 1. The number of halogens is 2. The molecule has 2 rings (SSSR count). The molecule has 1 heterocycles. The summed E-state index contributed by atoms with van der Waals surface area (Å²) < 4.78 is 1.28. The van der Waals surface area contributed by atoms with Crippen LogP contribution in [-0.4, -0.2) is 26.7 Å². The number of aliphatic hydroxyl groups excluding tert-OH is 1. The fourth-order valence-corrected chi connectivity index (χ4v) is 3.46. The normalized spacial score (nSPS) is 31.3. The fraction of sp³-hybridized carbons (Fsp3) is 0.455. The Bertz CT molecular complexity index is 371. The number of aliphatic hydroxyl groups is 1. The van der Waals surface area contributed by atoms with Crippen LogP contribution in [0.15, 0.2) is 24.3 Å². The van der Waals surface area contributed by atoms with Crippen LogP contribution in [0.2, 0.25) is 0 Å². The maximum Gasteiger partial charge on any atom is 0.110 e. The summed E-state index contributed by atoms with van der Waals surface area (Å²) in [6, 6.07) is 8.82. The lowest BCUT2D eigenvalue weighted by molar-refractivity contribution is 0.252. The minimum absolute atomic E-state index is 0.0178. The Kier molecular flexibility index (Phi) is 3.59. The van der Waals surface area contributed by atoms with Gasteiger partial charge in [-0.25, -0.2) is 0 Å². The highest BCUT2D eigenvalue weighted by molar-refractivity contribution is 14.1. The molecule has 1 saturated heterocycles. The third-order valence-electron chi connectivity index (χ3n) is 2.89. The van der Waals surface area contributed by atoms with Crippen LogP contribution in [0.25, 0.3) is 0 Å². The SMILES string of the molecule is C[C@@H](c1ccccc1I)[N@@]1CC1(I)CO. The first-order valence-electron chi connectivity index (χ1n) is 4.89. The van der Waals surface area contributed by atoms with Gasteiger partial charge in [0.1, 0.15) is 3.55 Å². The van der Waals surface area contributed by atoms with Gasteiger partial charge in [0, 0.05) is 16.2 Å². The third kappa shape index (κ3) is 2.32. The predicted octanol–water partition coefficient (Wildman–Crippen LogP) is 2.79. The van der Waals surface area contributed by atoms with E-state index >= 15 is 0 Å². The molecule has 1 N–H and O–H groups in total.